The Morgan fingerprint density at radius 2 is 1.86 bits per heavy atom. The van der Waals surface area contributed by atoms with Crippen molar-refractivity contribution in [1.29, 1.82) is 0 Å². The van der Waals surface area contributed by atoms with Crippen LogP contribution in [0.4, 0.5) is 0 Å². The van der Waals surface area contributed by atoms with Gasteiger partial charge in [-0.2, -0.15) is 0 Å². The monoisotopic (exact) mass is 288 g/mol. The molecule has 4 rings (SSSR count). The quantitative estimate of drug-likeness (QED) is 0.734. The molecule has 2 heteroatoms. The zero-order valence-electron chi connectivity index (χ0n) is 13.4. The summed E-state index contributed by atoms with van der Waals surface area (Å²) >= 11 is 0. The molecule has 1 N–H and O–H groups in total. The number of aliphatic hydroxyl groups excluding tert-OH is 1. The molecule has 0 amide bonds. The lowest BCUT2D eigenvalue weighted by Crippen LogP contribution is -2.51. The van der Waals surface area contributed by atoms with Gasteiger partial charge in [0.15, 0.2) is 5.78 Å². The molecule has 4 unspecified atom stereocenters. The molecule has 0 saturated heterocycles. The maximum absolute atomic E-state index is 11.8. The second-order valence-electron chi connectivity index (χ2n) is 8.61. The summed E-state index contributed by atoms with van der Waals surface area (Å²) in [6.07, 6.45) is 10.7. The Hall–Kier alpha value is -0.630. The average Bonchev–Trinajstić information content (AvgIpc) is 2.76. The molecule has 6 atom stereocenters. The van der Waals surface area contributed by atoms with Crippen LogP contribution in [0.2, 0.25) is 0 Å². The number of hydrogen-bond donors (Lipinski definition) is 1. The van der Waals surface area contributed by atoms with Crippen LogP contribution in [-0.4, -0.2) is 17.0 Å². The molecule has 116 valence electrons. The van der Waals surface area contributed by atoms with Gasteiger partial charge >= 0.3 is 0 Å². The second-order valence-corrected chi connectivity index (χ2v) is 8.61. The van der Waals surface area contributed by atoms with E-state index in [1.54, 1.807) is 0 Å². The molecule has 0 aromatic carbocycles. The molecule has 3 fully saturated rings. The third-order valence-electron chi connectivity index (χ3n) is 7.91. The Labute approximate surface area is 128 Å². The summed E-state index contributed by atoms with van der Waals surface area (Å²) in [7, 11) is 0. The molecule has 0 heterocycles. The average molecular weight is 288 g/mol. The highest BCUT2D eigenvalue weighted by atomic mass is 16.3. The minimum Gasteiger partial charge on any atom is -0.393 e. The Morgan fingerprint density at radius 3 is 2.67 bits per heavy atom. The highest BCUT2D eigenvalue weighted by molar-refractivity contribution is 5.91. The Bertz CT molecular complexity index is 508. The molecular weight excluding hydrogens is 260 g/mol. The van der Waals surface area contributed by atoms with Gasteiger partial charge in [0.25, 0.3) is 0 Å². The van der Waals surface area contributed by atoms with E-state index < -0.39 is 0 Å². The number of allylic oxidation sites excluding steroid dienone is 1. The fourth-order valence-electron chi connectivity index (χ4n) is 6.53. The molecule has 0 aliphatic heterocycles. The third kappa shape index (κ3) is 1.78. The number of aliphatic hydroxyl groups is 1. The van der Waals surface area contributed by atoms with Crippen LogP contribution < -0.4 is 0 Å². The van der Waals surface area contributed by atoms with E-state index in [1.165, 1.54) is 31.3 Å². The van der Waals surface area contributed by atoms with Gasteiger partial charge in [-0.3, -0.25) is 4.79 Å². The van der Waals surface area contributed by atoms with Crippen molar-refractivity contribution in [3.63, 3.8) is 0 Å². The van der Waals surface area contributed by atoms with Crippen LogP contribution in [0.5, 0.6) is 0 Å². The van der Waals surface area contributed by atoms with Gasteiger partial charge < -0.3 is 5.11 Å². The first kappa shape index (κ1) is 14.0. The molecule has 3 saturated carbocycles. The maximum atomic E-state index is 11.8. The molecule has 0 spiro atoms. The summed E-state index contributed by atoms with van der Waals surface area (Å²) < 4.78 is 0. The number of hydrogen-bond acceptors (Lipinski definition) is 2. The van der Waals surface area contributed by atoms with Crippen LogP contribution in [0, 0.1) is 28.6 Å². The fraction of sp³-hybridized carbons (Fsp3) is 0.842. The second kappa shape index (κ2) is 4.44. The first-order valence-electron chi connectivity index (χ1n) is 8.87. The lowest BCUT2D eigenvalue weighted by atomic mass is 9.47. The number of fused-ring (bicyclic) bond motifs is 5. The Kier molecular flexibility index (Phi) is 2.96. The van der Waals surface area contributed by atoms with E-state index in [1.807, 2.05) is 6.08 Å². The zero-order chi connectivity index (χ0) is 14.8. The van der Waals surface area contributed by atoms with Gasteiger partial charge in [0.05, 0.1) is 6.10 Å². The highest BCUT2D eigenvalue weighted by Crippen LogP contribution is 2.65. The molecule has 0 bridgehead atoms. The summed E-state index contributed by atoms with van der Waals surface area (Å²) in [6, 6.07) is 0. The molecule has 2 nitrogen and oxygen atoms in total. The smallest absolute Gasteiger partial charge is 0.155 e. The number of rotatable bonds is 0. The first-order chi connectivity index (χ1) is 9.95. The van der Waals surface area contributed by atoms with Crippen LogP contribution in [0.3, 0.4) is 0 Å². The van der Waals surface area contributed by atoms with E-state index in [9.17, 15) is 9.90 Å². The Balaban J connectivity index is 1.69. The molecule has 4 aliphatic carbocycles. The third-order valence-corrected chi connectivity index (χ3v) is 7.91. The van der Waals surface area contributed by atoms with Gasteiger partial charge in [0.1, 0.15) is 0 Å². The predicted molar refractivity (Wildman–Crippen MR) is 82.7 cm³/mol. The predicted octanol–water partition coefficient (Wildman–Crippen LogP) is 3.88. The standard InChI is InChI=1S/C19H28O2/c1-18-9-7-13(20)11-12(18)3-4-14-15-5-6-17(21)19(15,2)10-8-16(14)18/h11,14-17,21H,3-10H2,1-2H3/t14?,15-,16-,17?,18?,19?/m0/s1. The van der Waals surface area contributed by atoms with Crippen molar-refractivity contribution in [2.24, 2.45) is 28.6 Å². The maximum Gasteiger partial charge on any atom is 0.155 e. The minimum absolute atomic E-state index is 0.0823. The van der Waals surface area contributed by atoms with Crippen molar-refractivity contribution < 1.29 is 9.90 Å². The van der Waals surface area contributed by atoms with E-state index in [0.717, 1.165) is 37.5 Å². The van der Waals surface area contributed by atoms with E-state index >= 15 is 0 Å². The molecular formula is C19H28O2. The molecule has 4 aliphatic rings. The van der Waals surface area contributed by atoms with Crippen molar-refractivity contribution in [3.8, 4) is 0 Å². The van der Waals surface area contributed by atoms with Gasteiger partial charge in [-0.1, -0.05) is 19.4 Å². The van der Waals surface area contributed by atoms with E-state index in [0.29, 0.717) is 11.7 Å². The van der Waals surface area contributed by atoms with Crippen LogP contribution >= 0.6 is 0 Å². The van der Waals surface area contributed by atoms with Crippen LogP contribution in [0.25, 0.3) is 0 Å². The normalized spacial score (nSPS) is 52.7. The molecule has 0 radical (unpaired) electrons. The molecule has 21 heavy (non-hydrogen) atoms. The van der Waals surface area contributed by atoms with Gasteiger partial charge in [-0.25, -0.2) is 0 Å². The van der Waals surface area contributed by atoms with Crippen molar-refractivity contribution >= 4 is 5.78 Å². The Morgan fingerprint density at radius 1 is 1.05 bits per heavy atom. The summed E-state index contributed by atoms with van der Waals surface area (Å²) in [6.45, 7) is 4.76. The van der Waals surface area contributed by atoms with Crippen LogP contribution in [0.1, 0.15) is 65.2 Å². The molecule has 0 aromatic rings. The van der Waals surface area contributed by atoms with Crippen molar-refractivity contribution in [2.45, 2.75) is 71.3 Å². The zero-order valence-corrected chi connectivity index (χ0v) is 13.4. The van der Waals surface area contributed by atoms with Gasteiger partial charge in [0.2, 0.25) is 0 Å². The van der Waals surface area contributed by atoms with Crippen LogP contribution in [0.15, 0.2) is 11.6 Å². The van der Waals surface area contributed by atoms with Gasteiger partial charge in [0, 0.05) is 6.42 Å². The largest absolute Gasteiger partial charge is 0.393 e. The summed E-state index contributed by atoms with van der Waals surface area (Å²) in [5, 5.41) is 10.4. The highest BCUT2D eigenvalue weighted by Gasteiger charge is 2.58. The molecule has 0 aromatic heterocycles. The summed E-state index contributed by atoms with van der Waals surface area (Å²) in [5.41, 5.74) is 1.89. The van der Waals surface area contributed by atoms with Crippen molar-refractivity contribution in [3.05, 3.63) is 11.6 Å². The number of carbonyl (C=O) groups excluding carboxylic acids is 1. The van der Waals surface area contributed by atoms with E-state index in [2.05, 4.69) is 13.8 Å². The fourth-order valence-corrected chi connectivity index (χ4v) is 6.53. The van der Waals surface area contributed by atoms with E-state index in [-0.39, 0.29) is 16.9 Å². The van der Waals surface area contributed by atoms with Crippen LogP contribution in [-0.2, 0) is 4.79 Å². The SMILES string of the molecule is CC12CCC(=O)C=C1CCC1[C@@H]2CCC2(C)C(O)CC[C@@H]12. The lowest BCUT2D eigenvalue weighted by molar-refractivity contribution is -0.118. The van der Waals surface area contributed by atoms with E-state index in [4.69, 9.17) is 0 Å². The summed E-state index contributed by atoms with van der Waals surface area (Å²) in [4.78, 5) is 11.8. The number of ketones is 1. The topological polar surface area (TPSA) is 37.3 Å². The first-order valence-corrected chi connectivity index (χ1v) is 8.87. The minimum atomic E-state index is -0.0823. The van der Waals surface area contributed by atoms with Crippen molar-refractivity contribution in [1.82, 2.24) is 0 Å². The van der Waals surface area contributed by atoms with Crippen molar-refractivity contribution in [2.75, 3.05) is 0 Å². The van der Waals surface area contributed by atoms with Gasteiger partial charge in [-0.15, -0.1) is 0 Å². The summed E-state index contributed by atoms with van der Waals surface area (Å²) in [5.74, 6) is 2.57. The van der Waals surface area contributed by atoms with Gasteiger partial charge in [-0.05, 0) is 79.6 Å². The lowest BCUT2D eigenvalue weighted by Gasteiger charge is -2.57. The number of carbonyl (C=O) groups is 1.